The van der Waals surface area contributed by atoms with Gasteiger partial charge in [-0.15, -0.1) is 0 Å². The van der Waals surface area contributed by atoms with Crippen LogP contribution in [0.25, 0.3) is 0 Å². The Balaban J connectivity index is 2.00. The van der Waals surface area contributed by atoms with E-state index in [-0.39, 0.29) is 19.0 Å². The summed E-state index contributed by atoms with van der Waals surface area (Å²) >= 11 is 1.88. The summed E-state index contributed by atoms with van der Waals surface area (Å²) < 4.78 is 0. The summed E-state index contributed by atoms with van der Waals surface area (Å²) in [4.78, 5) is 21.3. The average molecular weight is 232 g/mol. The first-order valence-corrected chi connectivity index (χ1v) is 6.08. The zero-order valence-corrected chi connectivity index (χ0v) is 9.31. The van der Waals surface area contributed by atoms with Crippen LogP contribution in [0.3, 0.4) is 0 Å². The summed E-state index contributed by atoms with van der Waals surface area (Å²) in [5, 5.41) is 14.1. The fraction of sp³-hybridized carbons (Fsp3) is 0.778. The van der Waals surface area contributed by atoms with Crippen LogP contribution in [0.4, 0.5) is 4.79 Å². The van der Waals surface area contributed by atoms with Gasteiger partial charge in [-0.3, -0.25) is 4.79 Å². The monoisotopic (exact) mass is 232 g/mol. The third-order valence-corrected chi connectivity index (χ3v) is 3.54. The highest BCUT2D eigenvalue weighted by molar-refractivity contribution is 8.00. The van der Waals surface area contributed by atoms with Gasteiger partial charge in [-0.05, 0) is 18.6 Å². The van der Waals surface area contributed by atoms with Crippen molar-refractivity contribution in [2.24, 2.45) is 0 Å². The van der Waals surface area contributed by atoms with E-state index in [1.165, 1.54) is 12.2 Å². The smallest absolute Gasteiger partial charge is 0.314 e. The lowest BCUT2D eigenvalue weighted by molar-refractivity contribution is -0.136. The fourth-order valence-corrected chi connectivity index (χ4v) is 2.56. The summed E-state index contributed by atoms with van der Waals surface area (Å²) in [6.07, 6.45) is 2.34. The number of hydrogen-bond donors (Lipinski definition) is 3. The summed E-state index contributed by atoms with van der Waals surface area (Å²) in [6.45, 7) is 0.850. The first-order valence-electron chi connectivity index (χ1n) is 5.03. The third-order valence-electron chi connectivity index (χ3n) is 2.14. The molecule has 0 spiro atoms. The van der Waals surface area contributed by atoms with Crippen molar-refractivity contribution in [3.63, 3.8) is 0 Å². The molecule has 5 nitrogen and oxygen atoms in total. The van der Waals surface area contributed by atoms with Gasteiger partial charge in [-0.1, -0.05) is 0 Å². The molecule has 1 rings (SSSR count). The number of carboxylic acids is 1. The van der Waals surface area contributed by atoms with Crippen LogP contribution in [0, 0.1) is 0 Å². The molecule has 1 aliphatic rings. The summed E-state index contributed by atoms with van der Waals surface area (Å²) in [7, 11) is 0. The quantitative estimate of drug-likeness (QED) is 0.650. The molecule has 0 aromatic heterocycles. The molecule has 1 heterocycles. The van der Waals surface area contributed by atoms with Gasteiger partial charge in [0.1, 0.15) is 0 Å². The molecule has 1 saturated heterocycles. The van der Waals surface area contributed by atoms with Crippen molar-refractivity contribution in [2.75, 3.05) is 18.8 Å². The van der Waals surface area contributed by atoms with Crippen molar-refractivity contribution in [1.82, 2.24) is 10.6 Å². The third kappa shape index (κ3) is 5.51. The Hall–Kier alpha value is -0.910. The Morgan fingerprint density at radius 2 is 2.20 bits per heavy atom. The molecule has 2 amide bonds. The maximum absolute atomic E-state index is 11.2. The van der Waals surface area contributed by atoms with Crippen molar-refractivity contribution < 1.29 is 14.7 Å². The highest BCUT2D eigenvalue weighted by atomic mass is 32.2. The number of carbonyl (C=O) groups is 2. The minimum Gasteiger partial charge on any atom is -0.481 e. The number of nitrogens with one attached hydrogen (secondary N) is 2. The lowest BCUT2D eigenvalue weighted by Crippen LogP contribution is -2.39. The molecule has 1 unspecified atom stereocenters. The standard InChI is InChI=1S/C9H16N2O3S/c12-8(13)3-4-10-9(14)11-6-7-2-1-5-15-7/h7H,1-6H2,(H,12,13)(H2,10,11,14). The van der Waals surface area contributed by atoms with Gasteiger partial charge < -0.3 is 15.7 Å². The van der Waals surface area contributed by atoms with Crippen LogP contribution in [0.15, 0.2) is 0 Å². The molecule has 0 aromatic carbocycles. The van der Waals surface area contributed by atoms with E-state index in [1.54, 1.807) is 0 Å². The SMILES string of the molecule is O=C(O)CCNC(=O)NCC1CCCS1. The second-order valence-corrected chi connectivity index (χ2v) is 4.82. The predicted molar refractivity (Wildman–Crippen MR) is 59.1 cm³/mol. The molecule has 0 saturated carbocycles. The first-order chi connectivity index (χ1) is 7.18. The van der Waals surface area contributed by atoms with Gasteiger partial charge in [0, 0.05) is 18.3 Å². The second-order valence-electron chi connectivity index (χ2n) is 3.42. The molecule has 0 radical (unpaired) electrons. The zero-order valence-electron chi connectivity index (χ0n) is 8.49. The van der Waals surface area contributed by atoms with Crippen molar-refractivity contribution in [1.29, 1.82) is 0 Å². The van der Waals surface area contributed by atoms with E-state index in [9.17, 15) is 9.59 Å². The first kappa shape index (κ1) is 12.2. The van der Waals surface area contributed by atoms with Gasteiger partial charge in [-0.25, -0.2) is 4.79 Å². The van der Waals surface area contributed by atoms with E-state index < -0.39 is 5.97 Å². The molecule has 0 aliphatic carbocycles. The van der Waals surface area contributed by atoms with Crippen molar-refractivity contribution in [2.45, 2.75) is 24.5 Å². The molecular weight excluding hydrogens is 216 g/mol. The van der Waals surface area contributed by atoms with Crippen LogP contribution >= 0.6 is 11.8 Å². The number of urea groups is 1. The maximum Gasteiger partial charge on any atom is 0.314 e. The van der Waals surface area contributed by atoms with Crippen molar-refractivity contribution in [3.8, 4) is 0 Å². The van der Waals surface area contributed by atoms with Crippen LogP contribution in [0.1, 0.15) is 19.3 Å². The zero-order chi connectivity index (χ0) is 11.1. The molecule has 1 aliphatic heterocycles. The van der Waals surface area contributed by atoms with Crippen molar-refractivity contribution in [3.05, 3.63) is 0 Å². The highest BCUT2D eigenvalue weighted by Gasteiger charge is 2.15. The van der Waals surface area contributed by atoms with Gasteiger partial charge in [0.25, 0.3) is 0 Å². The second kappa shape index (κ2) is 6.55. The largest absolute Gasteiger partial charge is 0.481 e. The number of rotatable bonds is 5. The topological polar surface area (TPSA) is 78.4 Å². The number of carbonyl (C=O) groups excluding carboxylic acids is 1. The Kier molecular flexibility index (Phi) is 5.31. The van der Waals surface area contributed by atoms with Crippen LogP contribution in [0.5, 0.6) is 0 Å². The van der Waals surface area contributed by atoms with Crippen LogP contribution in [-0.2, 0) is 4.79 Å². The average Bonchev–Trinajstić information content (AvgIpc) is 2.66. The number of carboxylic acid groups (broad SMARTS) is 1. The van der Waals surface area contributed by atoms with Gasteiger partial charge in [0.15, 0.2) is 0 Å². The minimum atomic E-state index is -0.901. The minimum absolute atomic E-state index is 0.0361. The number of thioether (sulfide) groups is 1. The summed E-state index contributed by atoms with van der Waals surface area (Å²) in [5.41, 5.74) is 0. The van der Waals surface area contributed by atoms with E-state index in [4.69, 9.17) is 5.11 Å². The molecule has 15 heavy (non-hydrogen) atoms. The molecule has 1 atom stereocenters. The lowest BCUT2D eigenvalue weighted by atomic mass is 10.2. The highest BCUT2D eigenvalue weighted by Crippen LogP contribution is 2.24. The van der Waals surface area contributed by atoms with E-state index in [0.29, 0.717) is 11.8 Å². The van der Waals surface area contributed by atoms with E-state index >= 15 is 0 Å². The lowest BCUT2D eigenvalue weighted by Gasteiger charge is -2.10. The van der Waals surface area contributed by atoms with E-state index in [1.807, 2.05) is 11.8 Å². The Labute approximate surface area is 93.0 Å². The molecular formula is C9H16N2O3S. The molecule has 1 fully saturated rings. The molecule has 6 heteroatoms. The van der Waals surface area contributed by atoms with Gasteiger partial charge in [-0.2, -0.15) is 11.8 Å². The van der Waals surface area contributed by atoms with E-state index in [0.717, 1.165) is 6.42 Å². The van der Waals surface area contributed by atoms with Gasteiger partial charge in [0.05, 0.1) is 6.42 Å². The Morgan fingerprint density at radius 1 is 1.40 bits per heavy atom. The fourth-order valence-electron chi connectivity index (χ4n) is 1.36. The maximum atomic E-state index is 11.2. The van der Waals surface area contributed by atoms with Gasteiger partial charge >= 0.3 is 12.0 Å². The molecule has 0 aromatic rings. The number of amides is 2. The number of hydrogen-bond acceptors (Lipinski definition) is 3. The van der Waals surface area contributed by atoms with Crippen molar-refractivity contribution >= 4 is 23.8 Å². The van der Waals surface area contributed by atoms with E-state index in [2.05, 4.69) is 10.6 Å². The predicted octanol–water partition coefficient (Wildman–Crippen LogP) is 0.656. The Morgan fingerprint density at radius 3 is 2.80 bits per heavy atom. The number of aliphatic carboxylic acids is 1. The molecule has 0 bridgehead atoms. The Bertz CT molecular complexity index is 229. The normalized spacial score (nSPS) is 19.9. The van der Waals surface area contributed by atoms with Crippen LogP contribution in [0.2, 0.25) is 0 Å². The molecule has 3 N–H and O–H groups in total. The summed E-state index contributed by atoms with van der Waals surface area (Å²) in [6, 6.07) is -0.274. The van der Waals surface area contributed by atoms with Crippen LogP contribution in [-0.4, -0.2) is 41.2 Å². The molecule has 86 valence electrons. The van der Waals surface area contributed by atoms with Gasteiger partial charge in [0.2, 0.25) is 0 Å². The summed E-state index contributed by atoms with van der Waals surface area (Å²) in [5.74, 6) is 0.272. The van der Waals surface area contributed by atoms with Crippen LogP contribution < -0.4 is 10.6 Å².